The van der Waals surface area contributed by atoms with Crippen LogP contribution < -0.4 is 0 Å². The average molecular weight is 571 g/mol. The zero-order chi connectivity index (χ0) is 27.6. The van der Waals surface area contributed by atoms with Crippen LogP contribution in [0.5, 0.6) is 0 Å². The predicted molar refractivity (Wildman–Crippen MR) is 137 cm³/mol. The van der Waals surface area contributed by atoms with Crippen molar-refractivity contribution in [2.24, 2.45) is 0 Å². The number of alkyl halides is 1. The molecule has 1 aromatic carbocycles. The highest BCUT2D eigenvalue weighted by Crippen LogP contribution is 2.12. The number of ether oxygens (including phenoxy) is 8. The summed E-state index contributed by atoms with van der Waals surface area (Å²) in [6.07, 6.45) is 0. The van der Waals surface area contributed by atoms with Crippen molar-refractivity contribution in [2.45, 2.75) is 11.8 Å². The number of hydrogen-bond acceptors (Lipinski definition) is 11. The average Bonchev–Trinajstić information content (AvgIpc) is 2.91. The standard InChI is InChI=1S/C25H43FO11S/c1-24-2-4-25(5-3-24)38(27,28)37-23-22-36-21-20-35-19-18-34-17-16-33-15-14-32-13-12-31-11-10-30-9-8-29-7-6-26/h2-5H,6-23H2,1H3. The number of aryl methyl sites for hydroxylation is 1. The van der Waals surface area contributed by atoms with E-state index in [1.165, 1.54) is 12.1 Å². The molecule has 1 aromatic rings. The van der Waals surface area contributed by atoms with Crippen molar-refractivity contribution >= 4 is 10.1 Å². The summed E-state index contributed by atoms with van der Waals surface area (Å²) in [5, 5.41) is 0. The van der Waals surface area contributed by atoms with Gasteiger partial charge in [0, 0.05) is 0 Å². The first kappa shape index (κ1) is 34.8. The van der Waals surface area contributed by atoms with Crippen molar-refractivity contribution in [2.75, 3.05) is 119 Å². The molecule has 0 saturated heterocycles. The van der Waals surface area contributed by atoms with Gasteiger partial charge in [0.1, 0.15) is 6.67 Å². The van der Waals surface area contributed by atoms with E-state index in [1.54, 1.807) is 12.1 Å². The lowest BCUT2D eigenvalue weighted by atomic mass is 10.2. The zero-order valence-electron chi connectivity index (χ0n) is 22.3. The Hall–Kier alpha value is -1.26. The van der Waals surface area contributed by atoms with E-state index >= 15 is 0 Å². The van der Waals surface area contributed by atoms with Gasteiger partial charge in [0.15, 0.2) is 0 Å². The van der Waals surface area contributed by atoms with Crippen LogP contribution in [0.15, 0.2) is 29.2 Å². The number of halogens is 1. The van der Waals surface area contributed by atoms with Crippen molar-refractivity contribution < 1.29 is 54.9 Å². The van der Waals surface area contributed by atoms with Gasteiger partial charge in [-0.3, -0.25) is 4.18 Å². The largest absolute Gasteiger partial charge is 0.377 e. The summed E-state index contributed by atoms with van der Waals surface area (Å²) in [7, 11) is -3.77. The molecule has 0 heterocycles. The molecule has 0 aliphatic carbocycles. The first-order chi connectivity index (χ1) is 18.6. The lowest BCUT2D eigenvalue weighted by Crippen LogP contribution is -2.15. The maximum Gasteiger partial charge on any atom is 0.297 e. The monoisotopic (exact) mass is 570 g/mol. The normalized spacial score (nSPS) is 11.8. The van der Waals surface area contributed by atoms with Gasteiger partial charge in [0.25, 0.3) is 10.1 Å². The summed E-state index contributed by atoms with van der Waals surface area (Å²) < 4.78 is 83.3. The molecule has 13 heteroatoms. The molecule has 222 valence electrons. The van der Waals surface area contributed by atoms with Gasteiger partial charge in [-0.25, -0.2) is 4.39 Å². The molecule has 0 aliphatic rings. The molecule has 0 aromatic heterocycles. The smallest absolute Gasteiger partial charge is 0.297 e. The van der Waals surface area contributed by atoms with Gasteiger partial charge < -0.3 is 37.9 Å². The Morgan fingerprint density at radius 2 is 0.789 bits per heavy atom. The van der Waals surface area contributed by atoms with E-state index in [0.29, 0.717) is 92.5 Å². The van der Waals surface area contributed by atoms with E-state index in [2.05, 4.69) is 0 Å². The fourth-order valence-electron chi connectivity index (χ4n) is 2.67. The third kappa shape index (κ3) is 20.7. The zero-order valence-corrected chi connectivity index (χ0v) is 23.1. The van der Waals surface area contributed by atoms with Crippen molar-refractivity contribution in [3.8, 4) is 0 Å². The lowest BCUT2D eigenvalue weighted by molar-refractivity contribution is -0.0237. The minimum atomic E-state index is -3.77. The van der Waals surface area contributed by atoms with Gasteiger partial charge in [-0.15, -0.1) is 0 Å². The van der Waals surface area contributed by atoms with Crippen molar-refractivity contribution in [3.63, 3.8) is 0 Å². The van der Waals surface area contributed by atoms with Crippen LogP contribution in [0.25, 0.3) is 0 Å². The summed E-state index contributed by atoms with van der Waals surface area (Å²) in [5.74, 6) is 0. The molecule has 0 unspecified atom stereocenters. The van der Waals surface area contributed by atoms with Crippen molar-refractivity contribution in [1.82, 2.24) is 0 Å². The highest BCUT2D eigenvalue weighted by atomic mass is 32.2. The Labute approximate surface area is 225 Å². The van der Waals surface area contributed by atoms with Crippen molar-refractivity contribution in [1.29, 1.82) is 0 Å². The van der Waals surface area contributed by atoms with Gasteiger partial charge >= 0.3 is 0 Å². The number of hydrogen-bond donors (Lipinski definition) is 0. The summed E-state index contributed by atoms with van der Waals surface area (Å²) in [4.78, 5) is 0.126. The molecule has 11 nitrogen and oxygen atoms in total. The first-order valence-corrected chi connectivity index (χ1v) is 14.1. The summed E-state index contributed by atoms with van der Waals surface area (Å²) in [6.45, 7) is 7.66. The van der Waals surface area contributed by atoms with Crippen LogP contribution in [0, 0.1) is 6.92 Å². The number of rotatable bonds is 28. The molecule has 0 N–H and O–H groups in total. The lowest BCUT2D eigenvalue weighted by Gasteiger charge is -2.09. The fourth-order valence-corrected chi connectivity index (χ4v) is 3.56. The van der Waals surface area contributed by atoms with Crippen LogP contribution >= 0.6 is 0 Å². The summed E-state index contributed by atoms with van der Waals surface area (Å²) >= 11 is 0. The van der Waals surface area contributed by atoms with Gasteiger partial charge in [-0.05, 0) is 19.1 Å². The second-order valence-electron chi connectivity index (χ2n) is 7.68. The third-order valence-corrected chi connectivity index (χ3v) is 5.93. The molecule has 0 fully saturated rings. The quantitative estimate of drug-likeness (QED) is 0.108. The fraction of sp³-hybridized carbons (Fsp3) is 0.760. The minimum absolute atomic E-state index is 0.0604. The maximum absolute atomic E-state index is 12.0. The summed E-state index contributed by atoms with van der Waals surface area (Å²) in [6, 6.07) is 6.46. The molecule has 38 heavy (non-hydrogen) atoms. The Balaban J connectivity index is 1.73. The second-order valence-corrected chi connectivity index (χ2v) is 9.29. The molecular weight excluding hydrogens is 527 g/mol. The second kappa shape index (κ2) is 24.8. The molecule has 0 radical (unpaired) electrons. The molecule has 0 amide bonds. The molecule has 0 atom stereocenters. The number of benzene rings is 1. The maximum atomic E-state index is 12.0. The Morgan fingerprint density at radius 1 is 0.500 bits per heavy atom. The van der Waals surface area contributed by atoms with E-state index in [9.17, 15) is 12.8 Å². The van der Waals surface area contributed by atoms with Crippen LogP contribution in [0.4, 0.5) is 4.39 Å². The van der Waals surface area contributed by atoms with Crippen LogP contribution in [-0.4, -0.2) is 127 Å². The highest BCUT2D eigenvalue weighted by molar-refractivity contribution is 7.86. The first-order valence-electron chi connectivity index (χ1n) is 12.7. The molecular formula is C25H43FO11S. The van der Waals surface area contributed by atoms with Gasteiger partial charge in [0.05, 0.1) is 117 Å². The molecule has 1 rings (SSSR count). The van der Waals surface area contributed by atoms with Crippen LogP contribution in [-0.2, 0) is 52.2 Å². The third-order valence-electron chi connectivity index (χ3n) is 4.60. The molecule has 0 aliphatic heterocycles. The Morgan fingerprint density at radius 3 is 1.11 bits per heavy atom. The SMILES string of the molecule is Cc1ccc(S(=O)(=O)OCCOCCOCCOCCOCCOCCOCCOCCOCCF)cc1. The van der Waals surface area contributed by atoms with Crippen LogP contribution in [0.1, 0.15) is 5.56 Å². The van der Waals surface area contributed by atoms with Crippen LogP contribution in [0.2, 0.25) is 0 Å². The van der Waals surface area contributed by atoms with Gasteiger partial charge in [0.2, 0.25) is 0 Å². The van der Waals surface area contributed by atoms with E-state index in [1.807, 2.05) is 6.92 Å². The minimum Gasteiger partial charge on any atom is -0.377 e. The molecule has 0 bridgehead atoms. The van der Waals surface area contributed by atoms with E-state index in [0.717, 1.165) is 5.56 Å². The topological polar surface area (TPSA) is 117 Å². The Kier molecular flexibility index (Phi) is 22.7. The van der Waals surface area contributed by atoms with Gasteiger partial charge in [-0.2, -0.15) is 8.42 Å². The van der Waals surface area contributed by atoms with E-state index < -0.39 is 16.8 Å². The highest BCUT2D eigenvalue weighted by Gasteiger charge is 2.14. The van der Waals surface area contributed by atoms with E-state index in [-0.39, 0.29) is 24.7 Å². The van der Waals surface area contributed by atoms with E-state index in [4.69, 9.17) is 42.1 Å². The Bertz CT molecular complexity index is 750. The predicted octanol–water partition coefficient (Wildman–Crippen LogP) is 1.80. The van der Waals surface area contributed by atoms with Crippen LogP contribution in [0.3, 0.4) is 0 Å². The van der Waals surface area contributed by atoms with Crippen molar-refractivity contribution in [3.05, 3.63) is 29.8 Å². The van der Waals surface area contributed by atoms with Gasteiger partial charge in [-0.1, -0.05) is 17.7 Å². The molecule has 0 spiro atoms. The molecule has 0 saturated carbocycles. The summed E-state index contributed by atoms with van der Waals surface area (Å²) in [5.41, 5.74) is 0.973.